The quantitative estimate of drug-likeness (QED) is 0.491. The largest absolute Gasteiger partial charge is 0.390 e. The van der Waals surface area contributed by atoms with E-state index in [2.05, 4.69) is 14.9 Å². The molecule has 1 aromatic heterocycles. The minimum Gasteiger partial charge on any atom is -0.381 e. The highest BCUT2D eigenvalue weighted by atomic mass is 32.2. The zero-order valence-corrected chi connectivity index (χ0v) is 21.2. The van der Waals surface area contributed by atoms with Crippen molar-refractivity contribution in [3.8, 4) is 0 Å². The van der Waals surface area contributed by atoms with E-state index in [4.69, 9.17) is 4.74 Å². The van der Waals surface area contributed by atoms with Crippen LogP contribution in [0.2, 0.25) is 0 Å². The second-order valence-corrected chi connectivity index (χ2v) is 12.5. The Balaban J connectivity index is 1.13. The summed E-state index contributed by atoms with van der Waals surface area (Å²) < 4.78 is 68.8. The number of ether oxygens (including phenoxy) is 1. The molecule has 198 valence electrons. The van der Waals surface area contributed by atoms with Crippen molar-refractivity contribution in [2.75, 3.05) is 50.0 Å². The molecule has 2 unspecified atom stereocenters. The fourth-order valence-corrected chi connectivity index (χ4v) is 7.13. The Kier molecular flexibility index (Phi) is 8.58. The van der Waals surface area contributed by atoms with Crippen LogP contribution in [0.3, 0.4) is 0 Å². The highest BCUT2D eigenvalue weighted by molar-refractivity contribution is 7.89. The van der Waals surface area contributed by atoms with Crippen LogP contribution in [-0.2, 0) is 14.8 Å². The number of aryl methyl sites for hydroxylation is 1. The van der Waals surface area contributed by atoms with Crippen LogP contribution in [0.15, 0.2) is 12.4 Å². The average molecular weight is 519 g/mol. The molecule has 2 saturated heterocycles. The van der Waals surface area contributed by atoms with E-state index in [1.807, 2.05) is 19.3 Å². The smallest absolute Gasteiger partial charge is 0.381 e. The van der Waals surface area contributed by atoms with Gasteiger partial charge in [-0.15, -0.1) is 0 Å². The Morgan fingerprint density at radius 1 is 0.971 bits per heavy atom. The lowest BCUT2D eigenvalue weighted by atomic mass is 9.65. The van der Waals surface area contributed by atoms with Crippen LogP contribution in [0.1, 0.15) is 50.5 Å². The highest BCUT2D eigenvalue weighted by Crippen LogP contribution is 2.44. The first-order chi connectivity index (χ1) is 16.6. The molecule has 11 heteroatoms. The third kappa shape index (κ3) is 7.29. The van der Waals surface area contributed by atoms with Gasteiger partial charge in [0.2, 0.25) is 16.0 Å². The van der Waals surface area contributed by atoms with Gasteiger partial charge in [-0.1, -0.05) is 0 Å². The van der Waals surface area contributed by atoms with E-state index in [9.17, 15) is 21.6 Å². The van der Waals surface area contributed by atoms with Gasteiger partial charge in [-0.25, -0.2) is 22.7 Å². The Hall–Kier alpha value is -1.46. The Labute approximate surface area is 206 Å². The van der Waals surface area contributed by atoms with Crippen molar-refractivity contribution in [2.24, 2.45) is 23.7 Å². The van der Waals surface area contributed by atoms with E-state index in [0.29, 0.717) is 37.2 Å². The topological polar surface area (TPSA) is 75.6 Å². The summed E-state index contributed by atoms with van der Waals surface area (Å²) in [6, 6.07) is 0. The molecule has 0 N–H and O–H groups in total. The number of sulfonamides is 1. The summed E-state index contributed by atoms with van der Waals surface area (Å²) >= 11 is 0. The summed E-state index contributed by atoms with van der Waals surface area (Å²) in [4.78, 5) is 11.2. The molecule has 35 heavy (non-hydrogen) atoms. The summed E-state index contributed by atoms with van der Waals surface area (Å²) in [7, 11) is -3.85. The van der Waals surface area contributed by atoms with Crippen molar-refractivity contribution < 1.29 is 26.3 Å². The average Bonchev–Trinajstić information content (AvgIpc) is 2.81. The molecule has 1 aromatic rings. The normalized spacial score (nSPS) is 25.5. The lowest BCUT2D eigenvalue weighted by Crippen LogP contribution is -2.43. The molecule has 0 aromatic carbocycles. The molecule has 1 saturated carbocycles. The van der Waals surface area contributed by atoms with Crippen LogP contribution in [0.5, 0.6) is 0 Å². The molecule has 0 amide bonds. The lowest BCUT2D eigenvalue weighted by molar-refractivity contribution is -0.130. The van der Waals surface area contributed by atoms with Crippen molar-refractivity contribution in [1.82, 2.24) is 14.3 Å². The van der Waals surface area contributed by atoms with Gasteiger partial charge in [-0.3, -0.25) is 0 Å². The Morgan fingerprint density at radius 3 is 2.20 bits per heavy atom. The second-order valence-electron chi connectivity index (χ2n) is 10.4. The van der Waals surface area contributed by atoms with Crippen LogP contribution in [0.25, 0.3) is 0 Å². The molecule has 1 aliphatic carbocycles. The molecule has 2 aliphatic heterocycles. The number of hydrogen-bond acceptors (Lipinski definition) is 6. The first-order valence-corrected chi connectivity index (χ1v) is 14.4. The van der Waals surface area contributed by atoms with Gasteiger partial charge in [0.25, 0.3) is 0 Å². The Bertz CT molecular complexity index is 913. The minimum absolute atomic E-state index is 0.264. The maximum atomic E-state index is 12.4. The maximum absolute atomic E-state index is 12.4. The monoisotopic (exact) mass is 518 g/mol. The molecular formula is C24H37F3N4O3S. The fourth-order valence-electron chi connectivity index (χ4n) is 5.61. The van der Waals surface area contributed by atoms with Crippen LogP contribution < -0.4 is 4.90 Å². The molecule has 0 radical (unpaired) electrons. The predicted octanol–water partition coefficient (Wildman–Crippen LogP) is 4.04. The van der Waals surface area contributed by atoms with Crippen LogP contribution in [0.4, 0.5) is 19.1 Å². The van der Waals surface area contributed by atoms with E-state index < -0.39 is 28.4 Å². The van der Waals surface area contributed by atoms with E-state index in [0.717, 1.165) is 44.0 Å². The summed E-state index contributed by atoms with van der Waals surface area (Å²) in [5.41, 5.74) is 1.07. The molecule has 0 bridgehead atoms. The second kappa shape index (κ2) is 11.3. The van der Waals surface area contributed by atoms with E-state index in [-0.39, 0.29) is 19.0 Å². The van der Waals surface area contributed by atoms with Gasteiger partial charge in [-0.2, -0.15) is 13.2 Å². The summed E-state index contributed by atoms with van der Waals surface area (Å²) in [5.74, 6) is 2.23. The fraction of sp³-hybridized carbons (Fsp3) is 0.833. The van der Waals surface area contributed by atoms with Crippen LogP contribution in [-0.4, -0.2) is 74.0 Å². The van der Waals surface area contributed by atoms with E-state index >= 15 is 0 Å². The predicted molar refractivity (Wildman–Crippen MR) is 127 cm³/mol. The maximum Gasteiger partial charge on any atom is 0.390 e. The summed E-state index contributed by atoms with van der Waals surface area (Å²) in [6.45, 7) is 5.88. The summed E-state index contributed by atoms with van der Waals surface area (Å²) in [5, 5.41) is 0. The number of alkyl halides is 3. The van der Waals surface area contributed by atoms with Gasteiger partial charge in [0, 0.05) is 51.8 Å². The van der Waals surface area contributed by atoms with Crippen molar-refractivity contribution in [3.63, 3.8) is 0 Å². The third-order valence-electron chi connectivity index (χ3n) is 7.97. The SMILES string of the molecule is Cc1cnc(N2CCC(C3CCC3COCC3CCN(S(=O)(=O)CCC(F)(F)F)CC3)CC2)nc1. The van der Waals surface area contributed by atoms with Crippen molar-refractivity contribution >= 4 is 16.0 Å². The van der Waals surface area contributed by atoms with Gasteiger partial charge >= 0.3 is 6.18 Å². The van der Waals surface area contributed by atoms with Crippen molar-refractivity contribution in [2.45, 2.75) is 58.0 Å². The number of anilines is 1. The number of nitrogens with zero attached hydrogens (tertiary/aromatic N) is 4. The number of rotatable bonds is 9. The molecule has 3 heterocycles. The van der Waals surface area contributed by atoms with Gasteiger partial charge in [-0.05, 0) is 74.7 Å². The van der Waals surface area contributed by atoms with Gasteiger partial charge in [0.05, 0.1) is 12.2 Å². The van der Waals surface area contributed by atoms with E-state index in [1.54, 1.807) is 0 Å². The van der Waals surface area contributed by atoms with Crippen LogP contribution >= 0.6 is 0 Å². The van der Waals surface area contributed by atoms with Gasteiger partial charge in [0.15, 0.2) is 0 Å². The highest BCUT2D eigenvalue weighted by Gasteiger charge is 2.39. The van der Waals surface area contributed by atoms with E-state index in [1.165, 1.54) is 17.1 Å². The third-order valence-corrected chi connectivity index (χ3v) is 9.84. The zero-order chi connectivity index (χ0) is 25.1. The Morgan fingerprint density at radius 2 is 1.63 bits per heavy atom. The summed E-state index contributed by atoms with van der Waals surface area (Å²) in [6.07, 6.45) is 4.02. The van der Waals surface area contributed by atoms with Crippen molar-refractivity contribution in [1.29, 1.82) is 0 Å². The number of aromatic nitrogens is 2. The molecule has 3 fully saturated rings. The lowest BCUT2D eigenvalue weighted by Gasteiger charge is -2.45. The number of hydrogen-bond donors (Lipinski definition) is 0. The first kappa shape index (κ1) is 26.6. The van der Waals surface area contributed by atoms with Crippen molar-refractivity contribution in [3.05, 3.63) is 18.0 Å². The minimum atomic E-state index is -4.45. The number of halogens is 3. The van der Waals surface area contributed by atoms with Crippen LogP contribution in [0, 0.1) is 30.6 Å². The first-order valence-electron chi connectivity index (χ1n) is 12.8. The molecular weight excluding hydrogens is 481 g/mol. The molecule has 0 spiro atoms. The van der Waals surface area contributed by atoms with Gasteiger partial charge < -0.3 is 9.64 Å². The number of piperidine rings is 2. The zero-order valence-electron chi connectivity index (χ0n) is 20.4. The molecule has 3 aliphatic rings. The standard InChI is InChI=1S/C24H37F3N4O3S/c1-18-14-28-23(29-15-18)30-9-6-20(7-10-30)22-3-2-21(22)17-34-16-19-4-11-31(12-5-19)35(32,33)13-8-24(25,26)27/h14-15,19-22H,2-13,16-17H2,1H3. The molecule has 7 nitrogen and oxygen atoms in total. The molecule has 4 rings (SSSR count). The van der Waals surface area contributed by atoms with Gasteiger partial charge in [0.1, 0.15) is 0 Å². The molecule has 2 atom stereocenters.